The number of fused-ring (bicyclic) bond motifs is 2. The van der Waals surface area contributed by atoms with Gasteiger partial charge in [-0.2, -0.15) is 0 Å². The van der Waals surface area contributed by atoms with Crippen molar-refractivity contribution in [1.82, 2.24) is 0 Å². The van der Waals surface area contributed by atoms with Crippen LogP contribution in [0.2, 0.25) is 0 Å². The molecule has 0 amide bonds. The van der Waals surface area contributed by atoms with Crippen molar-refractivity contribution in [3.05, 3.63) is 11.6 Å². The number of aliphatic carboxylic acids is 1. The van der Waals surface area contributed by atoms with E-state index in [0.29, 0.717) is 6.42 Å². The summed E-state index contributed by atoms with van der Waals surface area (Å²) in [5.74, 6) is -1.08. The van der Waals surface area contributed by atoms with Crippen LogP contribution in [0.3, 0.4) is 0 Å². The molecule has 2 fully saturated rings. The molecule has 0 spiro atoms. The van der Waals surface area contributed by atoms with Crippen molar-refractivity contribution in [3.8, 4) is 0 Å². The largest absolute Gasteiger partial charge is 0.550 e. The average molecular weight is 277 g/mol. The maximum Gasteiger partial charge on any atom is 0.165 e. The summed E-state index contributed by atoms with van der Waals surface area (Å²) in [7, 11) is 0. The molecule has 0 radical (unpaired) electrons. The zero-order valence-electron chi connectivity index (χ0n) is 13.2. The highest BCUT2D eigenvalue weighted by atomic mass is 16.4. The molecule has 3 nitrogen and oxygen atoms in total. The minimum atomic E-state index is -1.07. The Morgan fingerprint density at radius 1 is 1.40 bits per heavy atom. The number of rotatable bonds is 4. The van der Waals surface area contributed by atoms with Crippen LogP contribution in [0.25, 0.3) is 0 Å². The molecule has 3 atom stereocenters. The Labute approximate surface area is 121 Å². The lowest BCUT2D eigenvalue weighted by molar-refractivity contribution is -0.310. The van der Waals surface area contributed by atoms with Crippen molar-refractivity contribution in [2.24, 2.45) is 28.6 Å². The highest BCUT2D eigenvalue weighted by Crippen LogP contribution is 2.65. The van der Waals surface area contributed by atoms with Gasteiger partial charge in [0.1, 0.15) is 0 Å². The van der Waals surface area contributed by atoms with Crippen LogP contribution in [0.1, 0.15) is 53.9 Å². The molecular weight excluding hydrogens is 252 g/mol. The maximum absolute atomic E-state index is 12.7. The van der Waals surface area contributed by atoms with E-state index in [0.717, 1.165) is 18.4 Å². The summed E-state index contributed by atoms with van der Waals surface area (Å²) in [6, 6.07) is 0. The van der Waals surface area contributed by atoms with E-state index in [2.05, 4.69) is 13.8 Å². The van der Waals surface area contributed by atoms with Gasteiger partial charge in [0, 0.05) is 17.3 Å². The molecule has 20 heavy (non-hydrogen) atoms. The van der Waals surface area contributed by atoms with Crippen LogP contribution in [0.5, 0.6) is 0 Å². The van der Waals surface area contributed by atoms with E-state index >= 15 is 0 Å². The highest BCUT2D eigenvalue weighted by Gasteiger charge is 2.63. The molecule has 2 aliphatic carbocycles. The van der Waals surface area contributed by atoms with Crippen molar-refractivity contribution < 1.29 is 14.7 Å². The molecule has 2 bridgehead atoms. The first-order valence-corrected chi connectivity index (χ1v) is 7.58. The van der Waals surface area contributed by atoms with Gasteiger partial charge in [0.15, 0.2) is 5.78 Å². The molecule has 0 N–H and O–H groups in total. The number of carboxylic acids is 1. The SMILES string of the molecule is CC(C)C[C@@H](/C=C1/C(=O)[C@]2(C)CC[C@H]1C2(C)C)C(=O)[O-]. The zero-order chi connectivity index (χ0) is 15.3. The molecule has 3 heteroatoms. The van der Waals surface area contributed by atoms with Gasteiger partial charge in [-0.15, -0.1) is 0 Å². The summed E-state index contributed by atoms with van der Waals surface area (Å²) in [6.07, 6.45) is 4.14. The summed E-state index contributed by atoms with van der Waals surface area (Å²) in [4.78, 5) is 24.0. The third-order valence-electron chi connectivity index (χ3n) is 5.77. The molecule has 0 unspecified atom stereocenters. The van der Waals surface area contributed by atoms with Crippen molar-refractivity contribution in [1.29, 1.82) is 0 Å². The third-order valence-corrected chi connectivity index (χ3v) is 5.77. The van der Waals surface area contributed by atoms with Crippen LogP contribution < -0.4 is 5.11 Å². The van der Waals surface area contributed by atoms with Gasteiger partial charge in [0.25, 0.3) is 0 Å². The Kier molecular flexibility index (Phi) is 3.60. The van der Waals surface area contributed by atoms with Crippen molar-refractivity contribution in [2.45, 2.75) is 53.9 Å². The number of hydrogen-bond donors (Lipinski definition) is 0. The van der Waals surface area contributed by atoms with Crippen LogP contribution >= 0.6 is 0 Å². The normalized spacial score (nSPS) is 35.0. The van der Waals surface area contributed by atoms with Gasteiger partial charge in [0.05, 0.1) is 0 Å². The molecule has 112 valence electrons. The summed E-state index contributed by atoms with van der Waals surface area (Å²) in [5.41, 5.74) is 0.362. The molecule has 2 aliphatic rings. The average Bonchev–Trinajstić information content (AvgIpc) is 2.62. The second-order valence-corrected chi connectivity index (χ2v) is 7.65. The third kappa shape index (κ3) is 2.02. The highest BCUT2D eigenvalue weighted by molar-refractivity contribution is 6.05. The molecule has 0 aromatic carbocycles. The van der Waals surface area contributed by atoms with Crippen molar-refractivity contribution in [3.63, 3.8) is 0 Å². The monoisotopic (exact) mass is 277 g/mol. The molecular formula is C17H25O3-. The van der Waals surface area contributed by atoms with E-state index in [-0.39, 0.29) is 28.4 Å². The van der Waals surface area contributed by atoms with E-state index in [9.17, 15) is 14.7 Å². The van der Waals surface area contributed by atoms with E-state index in [4.69, 9.17) is 0 Å². The standard InChI is InChI=1S/C17H26O3/c1-10(2)8-11(15(19)20)9-12-13-6-7-17(5,14(12)18)16(13,3)4/h9-11,13H,6-8H2,1-5H3,(H,19,20)/p-1/b12-9+/t11-,13+,17-/m0/s1. The topological polar surface area (TPSA) is 57.2 Å². The smallest absolute Gasteiger partial charge is 0.165 e. The number of carbonyl (C=O) groups excluding carboxylic acids is 2. The first kappa shape index (κ1) is 15.3. The maximum atomic E-state index is 12.7. The number of Topliss-reactive ketones (excluding diaryl/α,β-unsaturated/α-hetero) is 1. The quantitative estimate of drug-likeness (QED) is 0.741. The number of ketones is 1. The van der Waals surface area contributed by atoms with Crippen LogP contribution in [0.4, 0.5) is 0 Å². The molecule has 2 saturated carbocycles. The second-order valence-electron chi connectivity index (χ2n) is 7.65. The molecule has 0 saturated heterocycles. The number of allylic oxidation sites excluding steroid dienone is 1. The lowest BCUT2D eigenvalue weighted by Crippen LogP contribution is -2.33. The van der Waals surface area contributed by atoms with E-state index in [1.807, 2.05) is 20.8 Å². The number of hydrogen-bond acceptors (Lipinski definition) is 3. The van der Waals surface area contributed by atoms with E-state index < -0.39 is 11.9 Å². The Morgan fingerprint density at radius 3 is 2.40 bits per heavy atom. The van der Waals surface area contributed by atoms with Gasteiger partial charge in [-0.3, -0.25) is 4.79 Å². The summed E-state index contributed by atoms with van der Waals surface area (Å²) >= 11 is 0. The summed E-state index contributed by atoms with van der Waals surface area (Å²) in [5, 5.41) is 11.3. The lowest BCUT2D eigenvalue weighted by atomic mass is 9.70. The summed E-state index contributed by atoms with van der Waals surface area (Å²) in [6.45, 7) is 10.3. The molecule has 0 aromatic heterocycles. The number of carbonyl (C=O) groups is 2. The fourth-order valence-corrected chi connectivity index (χ4v) is 4.08. The predicted molar refractivity (Wildman–Crippen MR) is 75.7 cm³/mol. The van der Waals surface area contributed by atoms with Crippen LogP contribution in [-0.4, -0.2) is 11.8 Å². The Balaban J connectivity index is 2.36. The van der Waals surface area contributed by atoms with Crippen LogP contribution in [-0.2, 0) is 9.59 Å². The Hall–Kier alpha value is -1.12. The van der Waals surface area contributed by atoms with Gasteiger partial charge >= 0.3 is 0 Å². The zero-order valence-corrected chi connectivity index (χ0v) is 13.2. The first-order valence-electron chi connectivity index (χ1n) is 7.58. The lowest BCUT2D eigenvalue weighted by Gasteiger charge is -2.31. The molecule has 0 heterocycles. The van der Waals surface area contributed by atoms with Gasteiger partial charge < -0.3 is 9.90 Å². The molecule has 2 rings (SSSR count). The Bertz CT molecular complexity index is 473. The van der Waals surface area contributed by atoms with Gasteiger partial charge in [0.2, 0.25) is 0 Å². The van der Waals surface area contributed by atoms with Gasteiger partial charge in [-0.25, -0.2) is 0 Å². The second kappa shape index (κ2) is 4.71. The van der Waals surface area contributed by atoms with Crippen molar-refractivity contribution in [2.75, 3.05) is 0 Å². The minimum absolute atomic E-state index is 0.0652. The first-order chi connectivity index (χ1) is 9.11. The van der Waals surface area contributed by atoms with Crippen LogP contribution in [0, 0.1) is 28.6 Å². The molecule has 0 aromatic rings. The van der Waals surface area contributed by atoms with Gasteiger partial charge in [-0.05, 0) is 42.1 Å². The minimum Gasteiger partial charge on any atom is -0.550 e. The Morgan fingerprint density at radius 2 is 2.00 bits per heavy atom. The number of carboxylic acid groups (broad SMARTS) is 1. The molecule has 0 aliphatic heterocycles. The van der Waals surface area contributed by atoms with E-state index in [1.165, 1.54) is 0 Å². The van der Waals surface area contributed by atoms with E-state index in [1.54, 1.807) is 6.08 Å². The predicted octanol–water partition coefficient (Wildman–Crippen LogP) is 2.35. The summed E-state index contributed by atoms with van der Waals surface area (Å²) < 4.78 is 0. The van der Waals surface area contributed by atoms with Crippen molar-refractivity contribution >= 4 is 11.8 Å². The fourth-order valence-electron chi connectivity index (χ4n) is 4.08. The van der Waals surface area contributed by atoms with Gasteiger partial charge in [-0.1, -0.05) is 40.7 Å². The fraction of sp³-hybridized carbons (Fsp3) is 0.765. The van der Waals surface area contributed by atoms with Crippen LogP contribution in [0.15, 0.2) is 11.6 Å².